The third-order valence-corrected chi connectivity index (χ3v) is 5.50. The summed E-state index contributed by atoms with van der Waals surface area (Å²) in [6, 6.07) is 1.29. The Kier molecular flexibility index (Phi) is 4.78. The Morgan fingerprint density at radius 2 is 2.00 bits per heavy atom. The fourth-order valence-electron chi connectivity index (χ4n) is 4.12. The first kappa shape index (κ1) is 19.1. The summed E-state index contributed by atoms with van der Waals surface area (Å²) in [4.78, 5) is 18.8. The van der Waals surface area contributed by atoms with E-state index in [1.54, 1.807) is 0 Å². The number of hydrogen-bond acceptors (Lipinski definition) is 4. The van der Waals surface area contributed by atoms with Crippen molar-refractivity contribution in [2.75, 3.05) is 20.3 Å². The highest BCUT2D eigenvalue weighted by Gasteiger charge is 2.37. The molecule has 2 saturated heterocycles. The van der Waals surface area contributed by atoms with E-state index in [9.17, 15) is 22.4 Å². The second kappa shape index (κ2) is 7.00. The molecule has 2 aliphatic rings. The number of hydrogen-bond donors (Lipinski definition) is 1. The molecule has 0 spiro atoms. The van der Waals surface area contributed by atoms with Crippen LogP contribution in [0.25, 0.3) is 11.0 Å². The molecule has 152 valence electrons. The molecule has 2 bridgehead atoms. The van der Waals surface area contributed by atoms with Crippen molar-refractivity contribution < 1.29 is 27.1 Å². The number of alkyl halides is 3. The lowest BCUT2D eigenvalue weighted by molar-refractivity contribution is -0.139. The number of nitrogens with zero attached hydrogens (tertiary/aromatic N) is 3. The smallest absolute Gasteiger partial charge is 0.378 e. The SMILES string of the molecule is CN1[C@@H]2COC[C@H]1CC(NC(=O)c1cn(CC(F)(F)F)c3ncc(F)cc13)C2. The van der Waals surface area contributed by atoms with Crippen LogP contribution in [0.4, 0.5) is 17.6 Å². The summed E-state index contributed by atoms with van der Waals surface area (Å²) in [5.41, 5.74) is -0.0795. The maximum Gasteiger partial charge on any atom is 0.406 e. The van der Waals surface area contributed by atoms with Gasteiger partial charge in [-0.3, -0.25) is 9.69 Å². The Balaban J connectivity index is 1.59. The molecule has 10 heteroatoms. The number of rotatable bonds is 3. The minimum absolute atomic E-state index is 0.00779. The van der Waals surface area contributed by atoms with Crippen LogP contribution in [0.15, 0.2) is 18.5 Å². The van der Waals surface area contributed by atoms with E-state index < -0.39 is 24.4 Å². The van der Waals surface area contributed by atoms with Crippen LogP contribution >= 0.6 is 0 Å². The molecule has 4 heterocycles. The third-order valence-electron chi connectivity index (χ3n) is 5.50. The molecule has 1 N–H and O–H groups in total. The van der Waals surface area contributed by atoms with Gasteiger partial charge in [-0.15, -0.1) is 0 Å². The first-order valence-electron chi connectivity index (χ1n) is 9.03. The second-order valence-corrected chi connectivity index (χ2v) is 7.46. The summed E-state index contributed by atoms with van der Waals surface area (Å²) in [7, 11) is 2.02. The van der Waals surface area contributed by atoms with Gasteiger partial charge < -0.3 is 14.6 Å². The maximum atomic E-state index is 13.6. The van der Waals surface area contributed by atoms with Gasteiger partial charge in [0.2, 0.25) is 0 Å². The van der Waals surface area contributed by atoms with Crippen molar-refractivity contribution >= 4 is 16.9 Å². The molecule has 4 rings (SSSR count). The van der Waals surface area contributed by atoms with Crippen LogP contribution in [-0.2, 0) is 11.3 Å². The van der Waals surface area contributed by atoms with E-state index in [-0.39, 0.29) is 34.7 Å². The Hall–Kier alpha value is -2.20. The summed E-state index contributed by atoms with van der Waals surface area (Å²) < 4.78 is 58.6. The van der Waals surface area contributed by atoms with E-state index in [1.165, 1.54) is 0 Å². The Morgan fingerprint density at radius 1 is 1.32 bits per heavy atom. The molecule has 0 aliphatic carbocycles. The highest BCUT2D eigenvalue weighted by atomic mass is 19.4. The normalized spacial score (nSPS) is 25.8. The Morgan fingerprint density at radius 3 is 2.64 bits per heavy atom. The zero-order valence-corrected chi connectivity index (χ0v) is 15.2. The molecule has 0 radical (unpaired) electrons. The fourth-order valence-corrected chi connectivity index (χ4v) is 4.12. The van der Waals surface area contributed by atoms with Crippen LogP contribution in [0.2, 0.25) is 0 Å². The summed E-state index contributed by atoms with van der Waals surface area (Å²) in [6.45, 7) is -0.135. The van der Waals surface area contributed by atoms with Gasteiger partial charge in [-0.05, 0) is 26.0 Å². The van der Waals surface area contributed by atoms with Crippen molar-refractivity contribution in [3.63, 3.8) is 0 Å². The number of carbonyl (C=O) groups is 1. The van der Waals surface area contributed by atoms with Crippen molar-refractivity contribution in [2.45, 2.75) is 43.7 Å². The van der Waals surface area contributed by atoms with Gasteiger partial charge in [0.25, 0.3) is 5.91 Å². The number of halogens is 4. The molecule has 0 aromatic carbocycles. The molecule has 1 unspecified atom stereocenters. The van der Waals surface area contributed by atoms with Crippen LogP contribution in [0.5, 0.6) is 0 Å². The topological polar surface area (TPSA) is 59.4 Å². The van der Waals surface area contributed by atoms with Crippen LogP contribution in [-0.4, -0.2) is 64.9 Å². The number of likely N-dealkylation sites (N-methyl/N-ethyl adjacent to an activating group) is 1. The minimum atomic E-state index is -4.48. The monoisotopic (exact) mass is 400 g/mol. The number of pyridine rings is 1. The van der Waals surface area contributed by atoms with E-state index in [4.69, 9.17) is 4.74 Å². The number of nitrogens with one attached hydrogen (secondary N) is 1. The van der Waals surface area contributed by atoms with Gasteiger partial charge in [0.1, 0.15) is 18.0 Å². The molecule has 1 amide bonds. The highest BCUT2D eigenvalue weighted by molar-refractivity contribution is 6.06. The predicted octanol–water partition coefficient (Wildman–Crippen LogP) is 2.33. The molecule has 0 saturated carbocycles. The lowest BCUT2D eigenvalue weighted by Crippen LogP contribution is -2.59. The quantitative estimate of drug-likeness (QED) is 0.804. The molecule has 2 aromatic rings. The zero-order chi connectivity index (χ0) is 20.1. The van der Waals surface area contributed by atoms with Gasteiger partial charge in [-0.1, -0.05) is 0 Å². The number of piperidine rings is 1. The number of aromatic nitrogens is 2. The van der Waals surface area contributed by atoms with Gasteiger partial charge >= 0.3 is 6.18 Å². The lowest BCUT2D eigenvalue weighted by atomic mass is 9.90. The van der Waals surface area contributed by atoms with Crippen molar-refractivity contribution in [2.24, 2.45) is 0 Å². The number of morpholine rings is 1. The number of fused-ring (bicyclic) bond motifs is 3. The third kappa shape index (κ3) is 3.70. The molecular formula is C18H20F4N4O2. The maximum absolute atomic E-state index is 13.6. The average Bonchev–Trinajstić information content (AvgIpc) is 2.91. The van der Waals surface area contributed by atoms with Gasteiger partial charge in [0, 0.05) is 29.7 Å². The summed E-state index contributed by atoms with van der Waals surface area (Å²) in [6.07, 6.45) is -1.17. The van der Waals surface area contributed by atoms with Crippen molar-refractivity contribution in [1.82, 2.24) is 19.8 Å². The highest BCUT2D eigenvalue weighted by Crippen LogP contribution is 2.28. The lowest BCUT2D eigenvalue weighted by Gasteiger charge is -2.46. The van der Waals surface area contributed by atoms with Crippen LogP contribution in [0.1, 0.15) is 23.2 Å². The fraction of sp³-hybridized carbons (Fsp3) is 0.556. The minimum Gasteiger partial charge on any atom is -0.378 e. The standard InChI is InChI=1S/C18H20F4N4O2/c1-25-12-3-11(4-13(25)8-28-7-12)24-17(27)15-6-26(9-18(20,21)22)16-14(15)2-10(19)5-23-16/h2,5-6,11-13H,3-4,7-9H2,1H3,(H,24,27)/t11?,12-,13+. The van der Waals surface area contributed by atoms with Crippen molar-refractivity contribution in [3.05, 3.63) is 29.8 Å². The summed E-state index contributed by atoms with van der Waals surface area (Å²) in [5, 5.41) is 2.97. The van der Waals surface area contributed by atoms with E-state index in [2.05, 4.69) is 15.2 Å². The van der Waals surface area contributed by atoms with Crippen LogP contribution in [0.3, 0.4) is 0 Å². The van der Waals surface area contributed by atoms with E-state index >= 15 is 0 Å². The number of carbonyl (C=O) groups excluding carboxylic acids is 1. The van der Waals surface area contributed by atoms with Gasteiger partial charge in [-0.25, -0.2) is 9.37 Å². The molecule has 28 heavy (non-hydrogen) atoms. The summed E-state index contributed by atoms with van der Waals surface area (Å²) >= 11 is 0. The first-order valence-corrected chi connectivity index (χ1v) is 9.03. The van der Waals surface area contributed by atoms with Crippen molar-refractivity contribution in [3.8, 4) is 0 Å². The number of ether oxygens (including phenoxy) is 1. The van der Waals surface area contributed by atoms with E-state index in [0.717, 1.165) is 23.0 Å². The molecule has 3 atom stereocenters. The van der Waals surface area contributed by atoms with Gasteiger partial charge in [-0.2, -0.15) is 13.2 Å². The molecule has 2 aromatic heterocycles. The molecule has 2 aliphatic heterocycles. The number of amides is 1. The predicted molar refractivity (Wildman–Crippen MR) is 92.4 cm³/mol. The first-order chi connectivity index (χ1) is 13.2. The average molecular weight is 400 g/mol. The van der Waals surface area contributed by atoms with E-state index in [0.29, 0.717) is 26.1 Å². The van der Waals surface area contributed by atoms with Crippen LogP contribution < -0.4 is 5.32 Å². The largest absolute Gasteiger partial charge is 0.406 e. The summed E-state index contributed by atoms with van der Waals surface area (Å²) in [5.74, 6) is -1.23. The van der Waals surface area contributed by atoms with Gasteiger partial charge in [0.15, 0.2) is 0 Å². The molecular weight excluding hydrogens is 380 g/mol. The van der Waals surface area contributed by atoms with Gasteiger partial charge in [0.05, 0.1) is 25.0 Å². The zero-order valence-electron chi connectivity index (χ0n) is 15.2. The molecule has 6 nitrogen and oxygen atoms in total. The van der Waals surface area contributed by atoms with Crippen LogP contribution in [0, 0.1) is 5.82 Å². The van der Waals surface area contributed by atoms with Crippen molar-refractivity contribution in [1.29, 1.82) is 0 Å². The Labute approximate surface area is 158 Å². The Bertz CT molecular complexity index is 884. The van der Waals surface area contributed by atoms with E-state index in [1.807, 2.05) is 7.05 Å². The second-order valence-electron chi connectivity index (χ2n) is 7.46. The molecule has 2 fully saturated rings.